The predicted octanol–water partition coefficient (Wildman–Crippen LogP) is 4.49. The van der Waals surface area contributed by atoms with Crippen molar-refractivity contribution in [2.75, 3.05) is 0 Å². The van der Waals surface area contributed by atoms with E-state index >= 15 is 0 Å². The fraction of sp³-hybridized carbons (Fsp3) is 0.474. The lowest BCUT2D eigenvalue weighted by Gasteiger charge is -2.49. The summed E-state index contributed by atoms with van der Waals surface area (Å²) in [4.78, 5) is 4.63. The molecule has 2 aromatic rings. The molecule has 0 N–H and O–H groups in total. The summed E-state index contributed by atoms with van der Waals surface area (Å²) in [5, 5.41) is 4.12. The molecule has 3 aliphatic rings. The molecule has 2 bridgehead atoms. The molecule has 0 spiro atoms. The molecule has 1 aromatic heterocycles. The Morgan fingerprint density at radius 3 is 2.30 bits per heavy atom. The second-order valence-corrected chi connectivity index (χ2v) is 6.87. The minimum atomic E-state index is -0.260. The summed E-state index contributed by atoms with van der Waals surface area (Å²) in [6.07, 6.45) is 6.53. The quantitative estimate of drug-likeness (QED) is 0.767. The van der Waals surface area contributed by atoms with E-state index in [1.165, 1.54) is 12.1 Å². The Balaban J connectivity index is 1.60. The van der Waals surface area contributed by atoms with E-state index in [2.05, 4.69) is 22.0 Å². The number of hydrogen-bond donors (Lipinski definition) is 0. The van der Waals surface area contributed by atoms with Crippen molar-refractivity contribution in [2.45, 2.75) is 50.9 Å². The standard InChI is InChI=1S/C19H19FN2O/c1-2-7-18-8-11-19(12-9-18,13-10-18)17-21-16(22-23-17)14-3-5-15(20)6-4-14/h3-6H,8-13H2,1H3. The molecular formula is C19H19FN2O. The highest BCUT2D eigenvalue weighted by Crippen LogP contribution is 2.57. The van der Waals surface area contributed by atoms with Crippen LogP contribution in [0.3, 0.4) is 0 Å². The maximum absolute atomic E-state index is 13.0. The average Bonchev–Trinajstić information content (AvgIpc) is 3.08. The summed E-state index contributed by atoms with van der Waals surface area (Å²) in [6.45, 7) is 1.93. The molecule has 23 heavy (non-hydrogen) atoms. The van der Waals surface area contributed by atoms with Gasteiger partial charge in [0, 0.05) is 16.4 Å². The molecule has 3 aliphatic carbocycles. The van der Waals surface area contributed by atoms with E-state index in [-0.39, 0.29) is 16.6 Å². The van der Waals surface area contributed by atoms with Crippen molar-refractivity contribution >= 4 is 0 Å². The van der Waals surface area contributed by atoms with Crippen molar-refractivity contribution in [1.29, 1.82) is 0 Å². The molecule has 0 amide bonds. The molecule has 5 rings (SSSR count). The van der Waals surface area contributed by atoms with Gasteiger partial charge in [-0.05, 0) is 69.7 Å². The SMILES string of the molecule is CC#CC12CCC(c3nc(-c4ccc(F)cc4)no3)(CC1)CC2. The Hall–Kier alpha value is -2.15. The summed E-state index contributed by atoms with van der Waals surface area (Å²) in [5.74, 6) is 7.57. The minimum absolute atomic E-state index is 0.0163. The highest BCUT2D eigenvalue weighted by atomic mass is 19.1. The molecule has 4 heteroatoms. The molecule has 118 valence electrons. The van der Waals surface area contributed by atoms with Crippen molar-refractivity contribution in [2.24, 2.45) is 5.41 Å². The first-order chi connectivity index (χ1) is 11.1. The van der Waals surface area contributed by atoms with E-state index in [9.17, 15) is 4.39 Å². The molecule has 3 nitrogen and oxygen atoms in total. The smallest absolute Gasteiger partial charge is 0.233 e. The first-order valence-electron chi connectivity index (χ1n) is 8.19. The van der Waals surface area contributed by atoms with Gasteiger partial charge in [0.2, 0.25) is 11.7 Å². The number of benzene rings is 1. The first kappa shape index (κ1) is 14.4. The number of aromatic nitrogens is 2. The van der Waals surface area contributed by atoms with Crippen LogP contribution in [0.2, 0.25) is 0 Å². The Kier molecular flexibility index (Phi) is 3.26. The third kappa shape index (κ3) is 2.35. The van der Waals surface area contributed by atoms with Crippen molar-refractivity contribution in [1.82, 2.24) is 10.1 Å². The van der Waals surface area contributed by atoms with Gasteiger partial charge in [0.05, 0.1) is 0 Å². The third-order valence-electron chi connectivity index (χ3n) is 5.62. The van der Waals surface area contributed by atoms with Crippen LogP contribution in [-0.4, -0.2) is 10.1 Å². The van der Waals surface area contributed by atoms with Crippen molar-refractivity contribution in [3.05, 3.63) is 36.0 Å². The highest BCUT2D eigenvalue weighted by Gasteiger charge is 2.51. The monoisotopic (exact) mass is 310 g/mol. The maximum atomic E-state index is 13.0. The van der Waals surface area contributed by atoms with Gasteiger partial charge in [-0.15, -0.1) is 5.92 Å². The molecule has 1 heterocycles. The van der Waals surface area contributed by atoms with Gasteiger partial charge in [-0.2, -0.15) is 4.98 Å². The average molecular weight is 310 g/mol. The molecular weight excluding hydrogens is 291 g/mol. The van der Waals surface area contributed by atoms with Gasteiger partial charge in [0.15, 0.2) is 0 Å². The molecule has 0 radical (unpaired) electrons. The van der Waals surface area contributed by atoms with Crippen LogP contribution in [0.1, 0.15) is 51.3 Å². The minimum Gasteiger partial charge on any atom is -0.338 e. The maximum Gasteiger partial charge on any atom is 0.233 e. The Morgan fingerprint density at radius 2 is 1.70 bits per heavy atom. The zero-order valence-electron chi connectivity index (χ0n) is 13.2. The fourth-order valence-electron chi connectivity index (χ4n) is 4.11. The van der Waals surface area contributed by atoms with E-state index in [4.69, 9.17) is 4.52 Å². The van der Waals surface area contributed by atoms with Crippen LogP contribution in [0, 0.1) is 23.1 Å². The molecule has 3 saturated carbocycles. The van der Waals surface area contributed by atoms with E-state index in [0.717, 1.165) is 50.0 Å². The van der Waals surface area contributed by atoms with Gasteiger partial charge in [0.25, 0.3) is 0 Å². The Morgan fingerprint density at radius 1 is 1.04 bits per heavy atom. The first-order valence-corrected chi connectivity index (χ1v) is 8.19. The number of hydrogen-bond acceptors (Lipinski definition) is 3. The summed E-state index contributed by atoms with van der Waals surface area (Å²) in [5.41, 5.74) is 1.02. The third-order valence-corrected chi connectivity index (χ3v) is 5.62. The van der Waals surface area contributed by atoms with Crippen LogP contribution >= 0.6 is 0 Å². The Bertz CT molecular complexity index is 757. The van der Waals surface area contributed by atoms with Crippen LogP contribution in [0.4, 0.5) is 4.39 Å². The number of nitrogens with zero attached hydrogens (tertiary/aromatic N) is 2. The molecule has 3 fully saturated rings. The van der Waals surface area contributed by atoms with Gasteiger partial charge >= 0.3 is 0 Å². The van der Waals surface area contributed by atoms with E-state index in [0.29, 0.717) is 5.82 Å². The highest BCUT2D eigenvalue weighted by molar-refractivity contribution is 5.54. The topological polar surface area (TPSA) is 38.9 Å². The van der Waals surface area contributed by atoms with Gasteiger partial charge in [-0.3, -0.25) is 0 Å². The molecule has 0 atom stereocenters. The van der Waals surface area contributed by atoms with E-state index in [1.807, 2.05) is 6.92 Å². The van der Waals surface area contributed by atoms with Gasteiger partial charge in [-0.1, -0.05) is 11.1 Å². The Labute approximate surface area is 135 Å². The molecule has 0 saturated heterocycles. The van der Waals surface area contributed by atoms with Crippen LogP contribution in [0.5, 0.6) is 0 Å². The second kappa shape index (κ2) is 5.19. The zero-order valence-corrected chi connectivity index (χ0v) is 13.2. The lowest BCUT2D eigenvalue weighted by atomic mass is 9.54. The van der Waals surface area contributed by atoms with Gasteiger partial charge in [0.1, 0.15) is 5.82 Å². The van der Waals surface area contributed by atoms with Crippen LogP contribution < -0.4 is 0 Å². The largest absolute Gasteiger partial charge is 0.338 e. The van der Waals surface area contributed by atoms with Crippen molar-refractivity contribution < 1.29 is 8.91 Å². The molecule has 0 unspecified atom stereocenters. The number of halogens is 1. The summed E-state index contributed by atoms with van der Waals surface area (Å²) in [7, 11) is 0. The fourth-order valence-corrected chi connectivity index (χ4v) is 4.11. The zero-order chi connectivity index (χ0) is 15.9. The molecule has 0 aliphatic heterocycles. The number of rotatable bonds is 2. The second-order valence-electron chi connectivity index (χ2n) is 6.87. The van der Waals surface area contributed by atoms with Crippen LogP contribution in [0.25, 0.3) is 11.4 Å². The van der Waals surface area contributed by atoms with Crippen LogP contribution in [0.15, 0.2) is 28.8 Å². The summed E-state index contributed by atoms with van der Waals surface area (Å²) >= 11 is 0. The summed E-state index contributed by atoms with van der Waals surface area (Å²) < 4.78 is 18.7. The van der Waals surface area contributed by atoms with Gasteiger partial charge in [-0.25, -0.2) is 4.39 Å². The van der Waals surface area contributed by atoms with Crippen molar-refractivity contribution in [3.63, 3.8) is 0 Å². The van der Waals surface area contributed by atoms with Crippen molar-refractivity contribution in [3.8, 4) is 23.2 Å². The van der Waals surface area contributed by atoms with Gasteiger partial charge < -0.3 is 4.52 Å². The lowest BCUT2D eigenvalue weighted by Crippen LogP contribution is -2.43. The number of fused-ring (bicyclic) bond motifs is 3. The normalized spacial score (nSPS) is 29.1. The summed E-state index contributed by atoms with van der Waals surface area (Å²) in [6, 6.07) is 6.21. The molecule has 1 aromatic carbocycles. The predicted molar refractivity (Wildman–Crippen MR) is 85.0 cm³/mol. The van der Waals surface area contributed by atoms with E-state index in [1.54, 1.807) is 12.1 Å². The lowest BCUT2D eigenvalue weighted by molar-refractivity contribution is 0.0627. The van der Waals surface area contributed by atoms with E-state index < -0.39 is 0 Å². The van der Waals surface area contributed by atoms with Crippen LogP contribution in [-0.2, 0) is 5.41 Å².